The first-order chi connectivity index (χ1) is 5.20. The van der Waals surface area contributed by atoms with Gasteiger partial charge in [-0.15, -0.1) is 10.2 Å². The van der Waals surface area contributed by atoms with E-state index in [1.54, 1.807) is 18.7 Å². The van der Waals surface area contributed by atoms with Crippen molar-refractivity contribution in [3.63, 3.8) is 0 Å². The van der Waals surface area contributed by atoms with Gasteiger partial charge in [0.15, 0.2) is 0 Å². The predicted molar refractivity (Wildman–Crippen MR) is 38.7 cm³/mol. The molecular weight excluding hydrogens is 144 g/mol. The van der Waals surface area contributed by atoms with E-state index in [0.29, 0.717) is 6.54 Å². The standard InChI is InChI=1S/C6H10N4O/c1-9(2)6(11)3-10-4-7-8-5-10/h4-5H,3H2,1-2H3. The summed E-state index contributed by atoms with van der Waals surface area (Å²) >= 11 is 0. The summed E-state index contributed by atoms with van der Waals surface area (Å²) in [5, 5.41) is 7.15. The Hall–Kier alpha value is -1.39. The Balaban J connectivity index is 2.50. The number of hydrogen-bond donors (Lipinski definition) is 0. The lowest BCUT2D eigenvalue weighted by Crippen LogP contribution is -2.25. The van der Waals surface area contributed by atoms with Crippen LogP contribution in [0.25, 0.3) is 0 Å². The summed E-state index contributed by atoms with van der Waals surface area (Å²) in [5.41, 5.74) is 0. The van der Waals surface area contributed by atoms with E-state index in [4.69, 9.17) is 0 Å². The van der Waals surface area contributed by atoms with Crippen LogP contribution in [-0.4, -0.2) is 39.7 Å². The third-order valence-corrected chi connectivity index (χ3v) is 1.28. The second-order valence-corrected chi connectivity index (χ2v) is 2.42. The highest BCUT2D eigenvalue weighted by atomic mass is 16.2. The minimum absolute atomic E-state index is 0.0322. The lowest BCUT2D eigenvalue weighted by molar-refractivity contribution is -0.129. The first-order valence-corrected chi connectivity index (χ1v) is 3.22. The molecule has 1 rings (SSSR count). The topological polar surface area (TPSA) is 51.0 Å². The van der Waals surface area contributed by atoms with Gasteiger partial charge in [0.2, 0.25) is 5.91 Å². The van der Waals surface area contributed by atoms with Crippen molar-refractivity contribution < 1.29 is 4.79 Å². The SMILES string of the molecule is CN(C)C(=O)Cn1cnnc1. The molecule has 1 amide bonds. The second-order valence-electron chi connectivity index (χ2n) is 2.42. The predicted octanol–water partition coefficient (Wildman–Crippen LogP) is -0.634. The molecular formula is C6H10N4O. The first-order valence-electron chi connectivity index (χ1n) is 3.22. The molecule has 0 aliphatic rings. The fourth-order valence-corrected chi connectivity index (χ4v) is 0.601. The van der Waals surface area contributed by atoms with Gasteiger partial charge >= 0.3 is 0 Å². The molecule has 0 aliphatic heterocycles. The Morgan fingerprint density at radius 2 is 2.00 bits per heavy atom. The highest BCUT2D eigenvalue weighted by molar-refractivity contribution is 5.75. The van der Waals surface area contributed by atoms with Gasteiger partial charge in [-0.1, -0.05) is 0 Å². The molecule has 1 heterocycles. The molecule has 1 aromatic rings. The molecule has 5 nitrogen and oxygen atoms in total. The lowest BCUT2D eigenvalue weighted by atomic mass is 10.5. The van der Waals surface area contributed by atoms with Crippen LogP contribution in [0.3, 0.4) is 0 Å². The Labute approximate surface area is 64.6 Å². The van der Waals surface area contributed by atoms with Crippen LogP contribution in [0.5, 0.6) is 0 Å². The highest BCUT2D eigenvalue weighted by Gasteiger charge is 2.03. The Kier molecular flexibility index (Phi) is 2.20. The number of rotatable bonds is 2. The van der Waals surface area contributed by atoms with E-state index in [9.17, 15) is 4.79 Å². The van der Waals surface area contributed by atoms with Crippen molar-refractivity contribution in [2.45, 2.75) is 6.54 Å². The van der Waals surface area contributed by atoms with Crippen LogP contribution >= 0.6 is 0 Å². The molecule has 0 radical (unpaired) electrons. The molecule has 0 aromatic carbocycles. The number of carbonyl (C=O) groups excluding carboxylic acids is 1. The van der Waals surface area contributed by atoms with Crippen molar-refractivity contribution in [1.29, 1.82) is 0 Å². The van der Waals surface area contributed by atoms with Gasteiger partial charge in [0.05, 0.1) is 0 Å². The second kappa shape index (κ2) is 3.14. The Bertz CT molecular complexity index is 229. The molecule has 0 atom stereocenters. The maximum absolute atomic E-state index is 11.1. The van der Waals surface area contributed by atoms with E-state index in [-0.39, 0.29) is 5.91 Å². The molecule has 0 bridgehead atoms. The summed E-state index contributed by atoms with van der Waals surface area (Å²) in [6.07, 6.45) is 3.03. The third-order valence-electron chi connectivity index (χ3n) is 1.28. The van der Waals surface area contributed by atoms with Crippen molar-refractivity contribution >= 4 is 5.91 Å². The van der Waals surface area contributed by atoms with Gasteiger partial charge in [-0.2, -0.15) is 0 Å². The zero-order valence-corrected chi connectivity index (χ0v) is 6.56. The summed E-state index contributed by atoms with van der Waals surface area (Å²) in [7, 11) is 3.43. The van der Waals surface area contributed by atoms with Gasteiger partial charge in [0, 0.05) is 14.1 Å². The summed E-state index contributed by atoms with van der Waals surface area (Å²) in [6.45, 7) is 0.306. The molecule has 11 heavy (non-hydrogen) atoms. The van der Waals surface area contributed by atoms with Gasteiger partial charge in [-0.25, -0.2) is 0 Å². The molecule has 0 saturated carbocycles. The normalized spacial score (nSPS) is 9.64. The highest BCUT2D eigenvalue weighted by Crippen LogP contribution is 1.86. The molecule has 5 heteroatoms. The zero-order chi connectivity index (χ0) is 8.27. The molecule has 0 aliphatic carbocycles. The lowest BCUT2D eigenvalue weighted by Gasteiger charge is -2.09. The van der Waals surface area contributed by atoms with Crippen LogP contribution in [0.1, 0.15) is 0 Å². The Morgan fingerprint density at radius 1 is 1.45 bits per heavy atom. The minimum Gasteiger partial charge on any atom is -0.347 e. The van der Waals surface area contributed by atoms with Crippen LogP contribution in [0.2, 0.25) is 0 Å². The maximum atomic E-state index is 11.1. The van der Waals surface area contributed by atoms with Gasteiger partial charge < -0.3 is 9.47 Å². The molecule has 0 unspecified atom stereocenters. The van der Waals surface area contributed by atoms with Crippen molar-refractivity contribution in [2.75, 3.05) is 14.1 Å². The smallest absolute Gasteiger partial charge is 0.242 e. The van der Waals surface area contributed by atoms with E-state index < -0.39 is 0 Å². The number of hydrogen-bond acceptors (Lipinski definition) is 3. The van der Waals surface area contributed by atoms with E-state index in [1.165, 1.54) is 17.6 Å². The van der Waals surface area contributed by atoms with Crippen LogP contribution in [-0.2, 0) is 11.3 Å². The van der Waals surface area contributed by atoms with E-state index in [1.807, 2.05) is 0 Å². The van der Waals surface area contributed by atoms with Gasteiger partial charge in [0.1, 0.15) is 19.2 Å². The van der Waals surface area contributed by atoms with Crippen LogP contribution in [0.15, 0.2) is 12.7 Å². The molecule has 0 saturated heterocycles. The van der Waals surface area contributed by atoms with E-state index in [2.05, 4.69) is 10.2 Å². The number of amides is 1. The Morgan fingerprint density at radius 3 is 2.45 bits per heavy atom. The number of nitrogens with zero attached hydrogens (tertiary/aromatic N) is 4. The van der Waals surface area contributed by atoms with Crippen molar-refractivity contribution in [3.05, 3.63) is 12.7 Å². The fourth-order valence-electron chi connectivity index (χ4n) is 0.601. The minimum atomic E-state index is 0.0322. The molecule has 60 valence electrons. The maximum Gasteiger partial charge on any atom is 0.242 e. The number of aromatic nitrogens is 3. The zero-order valence-electron chi connectivity index (χ0n) is 6.56. The summed E-state index contributed by atoms with van der Waals surface area (Å²) in [6, 6.07) is 0. The van der Waals surface area contributed by atoms with Gasteiger partial charge in [-0.3, -0.25) is 4.79 Å². The van der Waals surface area contributed by atoms with E-state index >= 15 is 0 Å². The summed E-state index contributed by atoms with van der Waals surface area (Å²) in [5.74, 6) is 0.0322. The van der Waals surface area contributed by atoms with Crippen LogP contribution in [0, 0.1) is 0 Å². The number of likely N-dealkylation sites (N-methyl/N-ethyl adjacent to an activating group) is 1. The van der Waals surface area contributed by atoms with Crippen molar-refractivity contribution in [3.8, 4) is 0 Å². The van der Waals surface area contributed by atoms with Gasteiger partial charge in [-0.05, 0) is 0 Å². The van der Waals surface area contributed by atoms with Crippen molar-refractivity contribution in [1.82, 2.24) is 19.7 Å². The van der Waals surface area contributed by atoms with Gasteiger partial charge in [0.25, 0.3) is 0 Å². The molecule has 0 spiro atoms. The molecule has 0 N–H and O–H groups in total. The average Bonchev–Trinajstić information content (AvgIpc) is 2.39. The fraction of sp³-hybridized carbons (Fsp3) is 0.500. The van der Waals surface area contributed by atoms with E-state index in [0.717, 1.165) is 0 Å². The summed E-state index contributed by atoms with van der Waals surface area (Å²) < 4.78 is 1.63. The molecule has 1 aromatic heterocycles. The average molecular weight is 154 g/mol. The number of carbonyl (C=O) groups is 1. The third kappa shape index (κ3) is 2.03. The quantitative estimate of drug-likeness (QED) is 0.569. The largest absolute Gasteiger partial charge is 0.347 e. The van der Waals surface area contributed by atoms with Crippen LogP contribution in [0.4, 0.5) is 0 Å². The monoisotopic (exact) mass is 154 g/mol. The van der Waals surface area contributed by atoms with Crippen molar-refractivity contribution in [2.24, 2.45) is 0 Å². The van der Waals surface area contributed by atoms with Crippen LogP contribution < -0.4 is 0 Å². The summed E-state index contributed by atoms with van der Waals surface area (Å²) in [4.78, 5) is 12.6. The first kappa shape index (κ1) is 7.71. The molecule has 0 fully saturated rings.